The first kappa shape index (κ1) is 16.5. The molecule has 4 aromatic rings. The first-order valence-electron chi connectivity index (χ1n) is 8.77. The van der Waals surface area contributed by atoms with Crippen LogP contribution in [0.25, 0.3) is 21.8 Å². The lowest BCUT2D eigenvalue weighted by Crippen LogP contribution is -1.98. The summed E-state index contributed by atoms with van der Waals surface area (Å²) >= 11 is 0. The Hall–Kier alpha value is -2.98. The summed E-state index contributed by atoms with van der Waals surface area (Å²) in [6, 6.07) is 16.5. The highest BCUT2D eigenvalue weighted by atomic mass is 16.3. The van der Waals surface area contributed by atoms with Crippen molar-refractivity contribution in [1.29, 1.82) is 0 Å². The van der Waals surface area contributed by atoms with Crippen LogP contribution in [0.3, 0.4) is 0 Å². The van der Waals surface area contributed by atoms with Crippen molar-refractivity contribution >= 4 is 27.6 Å². The molecule has 2 aromatic heterocycles. The molecule has 0 fully saturated rings. The summed E-state index contributed by atoms with van der Waals surface area (Å²) in [7, 11) is 0. The lowest BCUT2D eigenvalue weighted by molar-refractivity contribution is 0.281. The Morgan fingerprint density at radius 3 is 2.58 bits per heavy atom. The molecule has 4 nitrogen and oxygen atoms in total. The van der Waals surface area contributed by atoms with Gasteiger partial charge in [-0.25, -0.2) is 4.98 Å². The zero-order valence-electron chi connectivity index (χ0n) is 14.7. The number of aliphatic hydroxyl groups is 1. The summed E-state index contributed by atoms with van der Waals surface area (Å²) < 4.78 is 0. The molecule has 0 aliphatic carbocycles. The first-order valence-corrected chi connectivity index (χ1v) is 8.77. The molecule has 4 rings (SSSR count). The number of aliphatic hydroxyl groups excluding tert-OH is 1. The Bertz CT molecular complexity index is 1110. The summed E-state index contributed by atoms with van der Waals surface area (Å²) in [5, 5.41) is 11.4. The van der Waals surface area contributed by atoms with Crippen LogP contribution in [0.4, 0.5) is 5.82 Å². The molecule has 0 aliphatic rings. The van der Waals surface area contributed by atoms with E-state index in [0.29, 0.717) is 5.82 Å². The minimum Gasteiger partial charge on any atom is -0.392 e. The summed E-state index contributed by atoms with van der Waals surface area (Å²) in [4.78, 5) is 9.07. The van der Waals surface area contributed by atoms with Crippen LogP contribution in [0.1, 0.15) is 22.3 Å². The molecule has 0 unspecified atom stereocenters. The number of nitrogen functional groups attached to an aromatic ring is 1. The standard InChI is InChI=1S/C22H21N3O/c1-14-5-8-18-19-11-16(7-6-15-3-2-4-17(10-15)13-26)12-24-21(19)22(23)25-20(18)9-14/h2-5,8-12,26H,6-7,13H2,1H3,(H2,23,25). The van der Waals surface area contributed by atoms with E-state index < -0.39 is 0 Å². The van der Waals surface area contributed by atoms with Gasteiger partial charge in [-0.15, -0.1) is 0 Å². The van der Waals surface area contributed by atoms with E-state index >= 15 is 0 Å². The van der Waals surface area contributed by atoms with E-state index in [1.165, 1.54) is 11.1 Å². The molecule has 2 aromatic carbocycles. The number of hydrogen-bond donors (Lipinski definition) is 2. The van der Waals surface area contributed by atoms with Crippen LogP contribution in [0.5, 0.6) is 0 Å². The Morgan fingerprint density at radius 1 is 0.923 bits per heavy atom. The molecule has 0 amide bonds. The summed E-state index contributed by atoms with van der Waals surface area (Å²) in [5.74, 6) is 0.472. The van der Waals surface area contributed by atoms with E-state index in [4.69, 9.17) is 5.73 Å². The second-order valence-electron chi connectivity index (χ2n) is 6.74. The second kappa shape index (κ2) is 6.73. The van der Waals surface area contributed by atoms with Gasteiger partial charge in [0.25, 0.3) is 0 Å². The molecule has 0 bridgehead atoms. The number of nitrogens with two attached hydrogens (primary N) is 1. The first-order chi connectivity index (χ1) is 12.6. The Kier molecular flexibility index (Phi) is 4.27. The van der Waals surface area contributed by atoms with Crippen LogP contribution in [-0.4, -0.2) is 15.1 Å². The molecule has 0 saturated heterocycles. The zero-order valence-corrected chi connectivity index (χ0v) is 14.7. The van der Waals surface area contributed by atoms with Crippen LogP contribution >= 0.6 is 0 Å². The lowest BCUT2D eigenvalue weighted by atomic mass is 10.0. The van der Waals surface area contributed by atoms with E-state index in [9.17, 15) is 5.11 Å². The van der Waals surface area contributed by atoms with Crippen LogP contribution in [-0.2, 0) is 19.4 Å². The zero-order chi connectivity index (χ0) is 18.1. The van der Waals surface area contributed by atoms with Crippen LogP contribution in [0.2, 0.25) is 0 Å². The third kappa shape index (κ3) is 3.11. The van der Waals surface area contributed by atoms with Crippen LogP contribution in [0.15, 0.2) is 54.7 Å². The quantitative estimate of drug-likeness (QED) is 0.550. The van der Waals surface area contributed by atoms with Crippen molar-refractivity contribution < 1.29 is 5.11 Å². The van der Waals surface area contributed by atoms with Gasteiger partial charge in [0.1, 0.15) is 5.52 Å². The molecular formula is C22H21N3O. The molecule has 2 heterocycles. The maximum Gasteiger partial charge on any atom is 0.150 e. The number of anilines is 1. The summed E-state index contributed by atoms with van der Waals surface area (Å²) in [5.41, 5.74) is 12.3. The minimum absolute atomic E-state index is 0.0725. The van der Waals surface area contributed by atoms with Gasteiger partial charge in [-0.05, 0) is 54.2 Å². The molecule has 3 N–H and O–H groups in total. The highest BCUT2D eigenvalue weighted by Gasteiger charge is 2.09. The third-order valence-corrected chi connectivity index (χ3v) is 4.75. The average molecular weight is 343 g/mol. The number of nitrogens with zero attached hydrogens (tertiary/aromatic N) is 2. The van der Waals surface area contributed by atoms with Crippen LogP contribution < -0.4 is 5.73 Å². The van der Waals surface area contributed by atoms with E-state index in [0.717, 1.165) is 45.8 Å². The fourth-order valence-corrected chi connectivity index (χ4v) is 3.37. The highest BCUT2D eigenvalue weighted by Crippen LogP contribution is 2.28. The van der Waals surface area contributed by atoms with Gasteiger partial charge in [0, 0.05) is 17.0 Å². The number of rotatable bonds is 4. The van der Waals surface area contributed by atoms with Gasteiger partial charge in [-0.3, -0.25) is 4.98 Å². The van der Waals surface area contributed by atoms with Gasteiger partial charge in [-0.1, -0.05) is 36.4 Å². The van der Waals surface area contributed by atoms with Crippen molar-refractivity contribution in [2.24, 2.45) is 0 Å². The van der Waals surface area contributed by atoms with E-state index in [2.05, 4.69) is 53.3 Å². The highest BCUT2D eigenvalue weighted by molar-refractivity contribution is 6.08. The van der Waals surface area contributed by atoms with Gasteiger partial charge in [0.15, 0.2) is 5.82 Å². The lowest BCUT2D eigenvalue weighted by Gasteiger charge is -2.09. The molecular weight excluding hydrogens is 322 g/mol. The Balaban J connectivity index is 1.71. The Morgan fingerprint density at radius 2 is 1.73 bits per heavy atom. The van der Waals surface area contributed by atoms with Crippen molar-refractivity contribution in [3.63, 3.8) is 0 Å². The smallest absolute Gasteiger partial charge is 0.150 e. The van der Waals surface area contributed by atoms with Gasteiger partial charge in [0.05, 0.1) is 12.1 Å². The number of aromatic nitrogens is 2. The van der Waals surface area contributed by atoms with Crippen molar-refractivity contribution in [2.75, 3.05) is 5.73 Å². The summed E-state index contributed by atoms with van der Waals surface area (Å²) in [6.45, 7) is 2.12. The Labute approximate surface area is 152 Å². The number of aryl methyl sites for hydroxylation is 3. The van der Waals surface area contributed by atoms with Gasteiger partial charge >= 0.3 is 0 Å². The normalized spacial score (nSPS) is 11.3. The van der Waals surface area contributed by atoms with Crippen molar-refractivity contribution in [1.82, 2.24) is 9.97 Å². The third-order valence-electron chi connectivity index (χ3n) is 4.75. The predicted molar refractivity (Wildman–Crippen MR) is 106 cm³/mol. The van der Waals surface area contributed by atoms with Crippen molar-refractivity contribution in [3.8, 4) is 0 Å². The number of fused-ring (bicyclic) bond motifs is 3. The minimum atomic E-state index is 0.0725. The molecule has 0 saturated carbocycles. The SMILES string of the molecule is Cc1ccc2c(c1)nc(N)c1ncc(CCc3cccc(CO)c3)cc12. The fraction of sp³-hybridized carbons (Fsp3) is 0.182. The molecule has 0 atom stereocenters. The number of hydrogen-bond acceptors (Lipinski definition) is 4. The maximum atomic E-state index is 9.28. The molecule has 0 aliphatic heterocycles. The second-order valence-corrected chi connectivity index (χ2v) is 6.74. The van der Waals surface area contributed by atoms with E-state index in [-0.39, 0.29) is 6.61 Å². The van der Waals surface area contributed by atoms with E-state index in [1.54, 1.807) is 0 Å². The molecule has 26 heavy (non-hydrogen) atoms. The average Bonchev–Trinajstić information content (AvgIpc) is 2.66. The van der Waals surface area contributed by atoms with Gasteiger partial charge in [-0.2, -0.15) is 0 Å². The van der Waals surface area contributed by atoms with Gasteiger partial charge < -0.3 is 10.8 Å². The van der Waals surface area contributed by atoms with Crippen molar-refractivity contribution in [2.45, 2.75) is 26.4 Å². The summed E-state index contributed by atoms with van der Waals surface area (Å²) in [6.07, 6.45) is 3.67. The monoisotopic (exact) mass is 343 g/mol. The topological polar surface area (TPSA) is 72.0 Å². The predicted octanol–water partition coefficient (Wildman–Crippen LogP) is 3.95. The maximum absolute atomic E-state index is 9.28. The van der Waals surface area contributed by atoms with Gasteiger partial charge in [0.2, 0.25) is 0 Å². The molecule has 4 heteroatoms. The molecule has 0 spiro atoms. The van der Waals surface area contributed by atoms with Crippen molar-refractivity contribution in [3.05, 3.63) is 77.0 Å². The number of pyridine rings is 2. The van der Waals surface area contributed by atoms with E-state index in [1.807, 2.05) is 18.3 Å². The van der Waals surface area contributed by atoms with Crippen LogP contribution in [0, 0.1) is 6.92 Å². The molecule has 130 valence electrons. The largest absolute Gasteiger partial charge is 0.392 e. The number of benzene rings is 2. The fourth-order valence-electron chi connectivity index (χ4n) is 3.37. The molecule has 0 radical (unpaired) electrons.